The summed E-state index contributed by atoms with van der Waals surface area (Å²) in [5.41, 5.74) is 3.79. The fourth-order valence-corrected chi connectivity index (χ4v) is 3.14. The molecule has 1 aromatic heterocycles. The van der Waals surface area contributed by atoms with Crippen molar-refractivity contribution in [2.24, 2.45) is 0 Å². The van der Waals surface area contributed by atoms with Crippen molar-refractivity contribution in [3.05, 3.63) is 65.9 Å². The van der Waals surface area contributed by atoms with E-state index in [2.05, 4.69) is 41.6 Å². The highest BCUT2D eigenvalue weighted by Gasteiger charge is 2.16. The Labute approximate surface area is 154 Å². The van der Waals surface area contributed by atoms with Gasteiger partial charge in [-0.3, -0.25) is 9.78 Å². The Morgan fingerprint density at radius 2 is 1.77 bits per heavy atom. The summed E-state index contributed by atoms with van der Waals surface area (Å²) in [4.78, 5) is 17.4. The second-order valence-electron chi connectivity index (χ2n) is 6.56. The summed E-state index contributed by atoms with van der Waals surface area (Å²) in [5.74, 6) is -0.0876. The Balaban J connectivity index is 2.01. The number of hydrogen-bond acceptors (Lipinski definition) is 3. The molecule has 0 aliphatic heterocycles. The minimum absolute atomic E-state index is 0.0530. The van der Waals surface area contributed by atoms with Crippen LogP contribution in [0, 0.1) is 6.92 Å². The molecule has 0 radical (unpaired) electrons. The van der Waals surface area contributed by atoms with E-state index >= 15 is 0 Å². The summed E-state index contributed by atoms with van der Waals surface area (Å²) in [5, 5.41) is 8.22. The zero-order chi connectivity index (χ0) is 18.5. The van der Waals surface area contributed by atoms with Crippen molar-refractivity contribution < 1.29 is 4.79 Å². The monoisotopic (exact) mass is 347 g/mol. The van der Waals surface area contributed by atoms with Crippen molar-refractivity contribution in [2.75, 3.05) is 13.1 Å². The maximum atomic E-state index is 12.8. The number of likely N-dealkylation sites (N-methyl/N-ethyl adjacent to an activating group) is 1. The third-order valence-electron chi connectivity index (χ3n) is 4.52. The minimum atomic E-state index is -0.0876. The van der Waals surface area contributed by atoms with Gasteiger partial charge in [0, 0.05) is 29.7 Å². The molecule has 0 aliphatic rings. The van der Waals surface area contributed by atoms with Crippen LogP contribution in [-0.2, 0) is 0 Å². The molecule has 134 valence electrons. The molecule has 0 aliphatic carbocycles. The SMILES string of the molecule is CCNCC(C)NC(=O)c1cnc(-c2ccccc2C)c2ccccc12. The van der Waals surface area contributed by atoms with Gasteiger partial charge < -0.3 is 10.6 Å². The van der Waals surface area contributed by atoms with Crippen LogP contribution in [0.2, 0.25) is 0 Å². The summed E-state index contributed by atoms with van der Waals surface area (Å²) in [7, 11) is 0. The van der Waals surface area contributed by atoms with Crippen LogP contribution < -0.4 is 10.6 Å². The van der Waals surface area contributed by atoms with Crippen LogP contribution in [0.25, 0.3) is 22.0 Å². The number of nitrogens with one attached hydrogen (secondary N) is 2. The Kier molecular flexibility index (Phi) is 5.64. The lowest BCUT2D eigenvalue weighted by molar-refractivity contribution is 0.0941. The molecule has 1 atom stereocenters. The third-order valence-corrected chi connectivity index (χ3v) is 4.52. The molecular formula is C22H25N3O. The Bertz CT molecular complexity index is 920. The van der Waals surface area contributed by atoms with Gasteiger partial charge in [-0.1, -0.05) is 55.5 Å². The summed E-state index contributed by atoms with van der Waals surface area (Å²) in [6.07, 6.45) is 1.69. The number of fused-ring (bicyclic) bond motifs is 1. The highest BCUT2D eigenvalue weighted by molar-refractivity contribution is 6.10. The van der Waals surface area contributed by atoms with Crippen molar-refractivity contribution in [1.29, 1.82) is 0 Å². The first-order valence-corrected chi connectivity index (χ1v) is 9.07. The first-order valence-electron chi connectivity index (χ1n) is 9.07. The summed E-state index contributed by atoms with van der Waals surface area (Å²) in [6, 6.07) is 16.2. The maximum Gasteiger partial charge on any atom is 0.253 e. The number of aryl methyl sites for hydroxylation is 1. The molecule has 0 spiro atoms. The zero-order valence-corrected chi connectivity index (χ0v) is 15.5. The molecule has 1 heterocycles. The largest absolute Gasteiger partial charge is 0.348 e. The minimum Gasteiger partial charge on any atom is -0.348 e. The van der Waals surface area contributed by atoms with Crippen LogP contribution in [0.4, 0.5) is 0 Å². The molecule has 2 N–H and O–H groups in total. The zero-order valence-electron chi connectivity index (χ0n) is 15.5. The standard InChI is InChI=1S/C22H25N3O/c1-4-23-13-16(3)25-22(26)20-14-24-21(17-10-6-5-9-15(17)2)19-12-8-7-11-18(19)20/h5-12,14,16,23H,4,13H2,1-3H3,(H,25,26). The van der Waals surface area contributed by atoms with Crippen molar-refractivity contribution in [1.82, 2.24) is 15.6 Å². The molecule has 4 nitrogen and oxygen atoms in total. The fraction of sp³-hybridized carbons (Fsp3) is 0.273. The van der Waals surface area contributed by atoms with Crippen molar-refractivity contribution in [3.8, 4) is 11.3 Å². The molecule has 0 saturated carbocycles. The second kappa shape index (κ2) is 8.11. The number of aromatic nitrogens is 1. The highest BCUT2D eigenvalue weighted by atomic mass is 16.1. The smallest absolute Gasteiger partial charge is 0.253 e. The van der Waals surface area contributed by atoms with E-state index in [1.807, 2.05) is 43.3 Å². The molecule has 3 aromatic rings. The van der Waals surface area contributed by atoms with E-state index in [-0.39, 0.29) is 11.9 Å². The number of hydrogen-bond donors (Lipinski definition) is 2. The van der Waals surface area contributed by atoms with Gasteiger partial charge >= 0.3 is 0 Å². The number of carbonyl (C=O) groups excluding carboxylic acids is 1. The van der Waals surface area contributed by atoms with E-state index in [1.165, 1.54) is 5.56 Å². The molecule has 0 bridgehead atoms. The summed E-state index contributed by atoms with van der Waals surface area (Å²) >= 11 is 0. The lowest BCUT2D eigenvalue weighted by Crippen LogP contribution is -2.40. The first kappa shape index (κ1) is 18.1. The number of carbonyl (C=O) groups is 1. The van der Waals surface area contributed by atoms with Gasteiger partial charge in [-0.05, 0) is 31.3 Å². The van der Waals surface area contributed by atoms with Gasteiger partial charge in [-0.25, -0.2) is 0 Å². The van der Waals surface area contributed by atoms with Crippen LogP contribution in [0.1, 0.15) is 29.8 Å². The molecule has 1 unspecified atom stereocenters. The van der Waals surface area contributed by atoms with Crippen LogP contribution in [0.3, 0.4) is 0 Å². The highest BCUT2D eigenvalue weighted by Crippen LogP contribution is 2.30. The number of rotatable bonds is 6. The van der Waals surface area contributed by atoms with E-state index in [9.17, 15) is 4.79 Å². The second-order valence-corrected chi connectivity index (χ2v) is 6.56. The van der Waals surface area contributed by atoms with Crippen LogP contribution in [-0.4, -0.2) is 30.0 Å². The van der Waals surface area contributed by atoms with Gasteiger partial charge in [0.15, 0.2) is 0 Å². The van der Waals surface area contributed by atoms with Gasteiger partial charge in [0.1, 0.15) is 0 Å². The van der Waals surface area contributed by atoms with Crippen molar-refractivity contribution in [2.45, 2.75) is 26.8 Å². The Morgan fingerprint density at radius 1 is 1.08 bits per heavy atom. The quantitative estimate of drug-likeness (QED) is 0.710. The molecule has 2 aromatic carbocycles. The van der Waals surface area contributed by atoms with E-state index in [0.717, 1.165) is 35.1 Å². The summed E-state index contributed by atoms with van der Waals surface area (Å²) < 4.78 is 0. The molecule has 4 heteroatoms. The van der Waals surface area contributed by atoms with Crippen LogP contribution >= 0.6 is 0 Å². The molecular weight excluding hydrogens is 322 g/mol. The van der Waals surface area contributed by atoms with E-state index < -0.39 is 0 Å². The Hall–Kier alpha value is -2.72. The van der Waals surface area contributed by atoms with Gasteiger partial charge in [0.05, 0.1) is 11.3 Å². The maximum absolute atomic E-state index is 12.8. The fourth-order valence-electron chi connectivity index (χ4n) is 3.14. The average molecular weight is 347 g/mol. The summed E-state index contributed by atoms with van der Waals surface area (Å²) in [6.45, 7) is 7.76. The van der Waals surface area contributed by atoms with E-state index in [0.29, 0.717) is 5.56 Å². The van der Waals surface area contributed by atoms with Crippen molar-refractivity contribution in [3.63, 3.8) is 0 Å². The number of nitrogens with zero attached hydrogens (tertiary/aromatic N) is 1. The van der Waals surface area contributed by atoms with Crippen LogP contribution in [0.5, 0.6) is 0 Å². The molecule has 0 saturated heterocycles. The molecule has 0 fully saturated rings. The number of amides is 1. The average Bonchev–Trinajstić information content (AvgIpc) is 2.66. The van der Waals surface area contributed by atoms with E-state index in [4.69, 9.17) is 0 Å². The van der Waals surface area contributed by atoms with Gasteiger partial charge in [0.25, 0.3) is 5.91 Å². The molecule has 1 amide bonds. The lowest BCUT2D eigenvalue weighted by Gasteiger charge is -2.16. The lowest BCUT2D eigenvalue weighted by atomic mass is 9.98. The number of pyridine rings is 1. The predicted octanol–water partition coefficient (Wildman–Crippen LogP) is 3.94. The predicted molar refractivity (Wildman–Crippen MR) is 107 cm³/mol. The number of benzene rings is 2. The van der Waals surface area contributed by atoms with Crippen LogP contribution in [0.15, 0.2) is 54.7 Å². The normalized spacial score (nSPS) is 12.1. The molecule has 3 rings (SSSR count). The first-order chi connectivity index (χ1) is 12.6. The van der Waals surface area contributed by atoms with Gasteiger partial charge in [-0.15, -0.1) is 0 Å². The van der Waals surface area contributed by atoms with Gasteiger partial charge in [-0.2, -0.15) is 0 Å². The topological polar surface area (TPSA) is 54.0 Å². The Morgan fingerprint density at radius 3 is 2.50 bits per heavy atom. The van der Waals surface area contributed by atoms with Crippen molar-refractivity contribution >= 4 is 16.7 Å². The van der Waals surface area contributed by atoms with Gasteiger partial charge in [0.2, 0.25) is 0 Å². The molecule has 26 heavy (non-hydrogen) atoms. The third kappa shape index (κ3) is 3.75. The van der Waals surface area contributed by atoms with E-state index in [1.54, 1.807) is 6.20 Å².